The van der Waals surface area contributed by atoms with E-state index in [1.807, 2.05) is 12.1 Å². The number of nitrogens with one attached hydrogen (secondary N) is 1. The Morgan fingerprint density at radius 2 is 2.18 bits per heavy atom. The molecule has 0 aliphatic heterocycles. The molecule has 2 aromatic rings. The maximum absolute atomic E-state index is 10.9. The lowest BCUT2D eigenvalue weighted by Crippen LogP contribution is -2.01. The Morgan fingerprint density at radius 3 is 2.94 bits per heavy atom. The number of hydrogen-bond donors (Lipinski definition) is 1. The van der Waals surface area contributed by atoms with Crippen molar-refractivity contribution in [3.05, 3.63) is 39.5 Å². The first kappa shape index (κ1) is 11.1. The third-order valence-electron chi connectivity index (χ3n) is 3.16. The lowest BCUT2D eigenvalue weighted by atomic mass is 9.96. The molecule has 1 aromatic heterocycles. The van der Waals surface area contributed by atoms with E-state index < -0.39 is 0 Å². The number of H-pyrrole nitrogens is 1. The summed E-state index contributed by atoms with van der Waals surface area (Å²) < 4.78 is 1.05. The van der Waals surface area contributed by atoms with Gasteiger partial charge in [-0.15, -0.1) is 0 Å². The molecule has 3 rings (SSSR count). The molecule has 2 nitrogen and oxygen atoms in total. The van der Waals surface area contributed by atoms with Gasteiger partial charge >= 0.3 is 0 Å². The van der Waals surface area contributed by atoms with Crippen molar-refractivity contribution < 1.29 is 4.79 Å². The number of aromatic amines is 1. The third kappa shape index (κ3) is 1.65. The van der Waals surface area contributed by atoms with Crippen LogP contribution in [-0.2, 0) is 11.2 Å². The molecule has 0 bridgehead atoms. The quantitative estimate of drug-likeness (QED) is 0.793. The van der Waals surface area contributed by atoms with Crippen LogP contribution in [0.25, 0.3) is 15.9 Å². The Hall–Kier alpha value is -1.06. The van der Waals surface area contributed by atoms with Gasteiger partial charge in [0.2, 0.25) is 0 Å². The summed E-state index contributed by atoms with van der Waals surface area (Å²) in [6, 6.07) is 6.09. The number of aldehydes is 1. The van der Waals surface area contributed by atoms with Crippen LogP contribution in [0.3, 0.4) is 0 Å². The standard InChI is InChI=1S/C13H9BrClNO/c14-8-2-4-11-10(5-8)9-3-1-7(6-17)12(15)13(9)16-11/h2,4-6,16H,1,3H2. The van der Waals surface area contributed by atoms with Gasteiger partial charge in [0.15, 0.2) is 0 Å². The minimum atomic E-state index is 0.563. The average Bonchev–Trinajstić information content (AvgIpc) is 2.69. The van der Waals surface area contributed by atoms with Crippen LogP contribution in [0.5, 0.6) is 0 Å². The summed E-state index contributed by atoms with van der Waals surface area (Å²) in [5, 5.41) is 1.74. The molecule has 0 amide bonds. The van der Waals surface area contributed by atoms with Crippen LogP contribution in [0.2, 0.25) is 0 Å². The van der Waals surface area contributed by atoms with Crippen LogP contribution in [0, 0.1) is 0 Å². The molecule has 1 aliphatic carbocycles. The summed E-state index contributed by atoms with van der Waals surface area (Å²) in [5.74, 6) is 0. The van der Waals surface area contributed by atoms with Gasteiger partial charge in [0.25, 0.3) is 0 Å². The maximum Gasteiger partial charge on any atom is 0.147 e. The molecule has 86 valence electrons. The zero-order valence-corrected chi connectivity index (χ0v) is 11.2. The first-order valence-corrected chi connectivity index (χ1v) is 6.52. The summed E-state index contributed by atoms with van der Waals surface area (Å²) >= 11 is 9.70. The van der Waals surface area contributed by atoms with E-state index in [4.69, 9.17) is 11.6 Å². The van der Waals surface area contributed by atoms with E-state index in [-0.39, 0.29) is 0 Å². The Kier molecular flexibility index (Phi) is 2.60. The van der Waals surface area contributed by atoms with Crippen LogP contribution < -0.4 is 0 Å². The Morgan fingerprint density at radius 1 is 1.35 bits per heavy atom. The van der Waals surface area contributed by atoms with Crippen molar-refractivity contribution in [1.29, 1.82) is 0 Å². The number of halogens is 2. The Bertz CT molecular complexity index is 657. The predicted molar refractivity (Wildman–Crippen MR) is 73.2 cm³/mol. The molecule has 4 heteroatoms. The molecule has 1 aromatic carbocycles. The number of rotatable bonds is 1. The molecule has 0 saturated carbocycles. The average molecular weight is 311 g/mol. The first-order valence-electron chi connectivity index (χ1n) is 5.35. The van der Waals surface area contributed by atoms with Crippen molar-refractivity contribution in [2.24, 2.45) is 0 Å². The lowest BCUT2D eigenvalue weighted by Gasteiger charge is -2.12. The second-order valence-electron chi connectivity index (χ2n) is 4.13. The number of allylic oxidation sites excluding steroid dienone is 1. The van der Waals surface area contributed by atoms with E-state index in [9.17, 15) is 4.79 Å². The van der Waals surface area contributed by atoms with Gasteiger partial charge in [-0.2, -0.15) is 0 Å². The molecule has 0 spiro atoms. The van der Waals surface area contributed by atoms with Crippen molar-refractivity contribution in [3.8, 4) is 0 Å². The number of aryl methyl sites for hydroxylation is 1. The van der Waals surface area contributed by atoms with Gasteiger partial charge in [-0.05, 0) is 36.6 Å². The largest absolute Gasteiger partial charge is 0.354 e. The number of hydrogen-bond acceptors (Lipinski definition) is 1. The monoisotopic (exact) mass is 309 g/mol. The van der Waals surface area contributed by atoms with Crippen molar-refractivity contribution in [2.45, 2.75) is 12.8 Å². The highest BCUT2D eigenvalue weighted by Gasteiger charge is 2.21. The zero-order chi connectivity index (χ0) is 12.0. The Balaban J connectivity index is 2.33. The smallest absolute Gasteiger partial charge is 0.147 e. The van der Waals surface area contributed by atoms with E-state index >= 15 is 0 Å². The fourth-order valence-electron chi connectivity index (χ4n) is 2.31. The minimum absolute atomic E-state index is 0.563. The van der Waals surface area contributed by atoms with Crippen molar-refractivity contribution in [2.75, 3.05) is 0 Å². The van der Waals surface area contributed by atoms with Gasteiger partial charge in [0.1, 0.15) is 6.29 Å². The summed E-state index contributed by atoms with van der Waals surface area (Å²) in [6.45, 7) is 0. The van der Waals surface area contributed by atoms with E-state index in [0.29, 0.717) is 10.6 Å². The molecule has 1 N–H and O–H groups in total. The van der Waals surface area contributed by atoms with Crippen LogP contribution in [0.1, 0.15) is 17.7 Å². The van der Waals surface area contributed by atoms with E-state index in [0.717, 1.165) is 34.8 Å². The van der Waals surface area contributed by atoms with Crippen LogP contribution >= 0.6 is 27.5 Å². The number of carbonyl (C=O) groups is 1. The van der Waals surface area contributed by atoms with Crippen molar-refractivity contribution in [3.63, 3.8) is 0 Å². The molecular weight excluding hydrogens is 302 g/mol. The first-order chi connectivity index (χ1) is 8.20. The second-order valence-corrected chi connectivity index (χ2v) is 5.42. The van der Waals surface area contributed by atoms with Crippen LogP contribution in [-0.4, -0.2) is 11.3 Å². The summed E-state index contributed by atoms with van der Waals surface area (Å²) in [7, 11) is 0. The van der Waals surface area contributed by atoms with Gasteiger partial charge in [0, 0.05) is 20.9 Å². The highest BCUT2D eigenvalue weighted by Crippen LogP contribution is 2.37. The molecule has 0 saturated heterocycles. The predicted octanol–water partition coefficient (Wildman–Crippen LogP) is 4.03. The van der Waals surface area contributed by atoms with Gasteiger partial charge < -0.3 is 4.98 Å². The summed E-state index contributed by atoms with van der Waals surface area (Å²) in [4.78, 5) is 14.2. The summed E-state index contributed by atoms with van der Waals surface area (Å²) in [6.07, 6.45) is 2.43. The van der Waals surface area contributed by atoms with Crippen molar-refractivity contribution in [1.82, 2.24) is 4.98 Å². The fraction of sp³-hybridized carbons (Fsp3) is 0.154. The van der Waals surface area contributed by atoms with Crippen molar-refractivity contribution >= 4 is 49.8 Å². The topological polar surface area (TPSA) is 32.9 Å². The minimum Gasteiger partial charge on any atom is -0.354 e. The Labute approximate surface area is 112 Å². The van der Waals surface area contributed by atoms with Gasteiger partial charge in [0.05, 0.1) is 10.7 Å². The highest BCUT2D eigenvalue weighted by molar-refractivity contribution is 9.10. The van der Waals surface area contributed by atoms with E-state index in [2.05, 4.69) is 27.0 Å². The number of fused-ring (bicyclic) bond motifs is 3. The van der Waals surface area contributed by atoms with Crippen LogP contribution in [0.4, 0.5) is 0 Å². The number of carbonyl (C=O) groups excluding carboxylic acids is 1. The molecule has 0 unspecified atom stereocenters. The zero-order valence-electron chi connectivity index (χ0n) is 8.89. The molecule has 0 fully saturated rings. The van der Waals surface area contributed by atoms with E-state index in [1.54, 1.807) is 0 Å². The maximum atomic E-state index is 10.9. The molecule has 1 heterocycles. The second kappa shape index (κ2) is 4.00. The van der Waals surface area contributed by atoms with Gasteiger partial charge in [-0.3, -0.25) is 4.79 Å². The normalized spacial score (nSPS) is 15.2. The lowest BCUT2D eigenvalue weighted by molar-refractivity contribution is -0.105. The molecule has 0 radical (unpaired) electrons. The molecule has 1 aliphatic rings. The van der Waals surface area contributed by atoms with Gasteiger partial charge in [-0.25, -0.2) is 0 Å². The fourth-order valence-corrected chi connectivity index (χ4v) is 2.97. The highest BCUT2D eigenvalue weighted by atomic mass is 79.9. The number of aromatic nitrogens is 1. The number of benzene rings is 1. The molecule has 0 atom stereocenters. The third-order valence-corrected chi connectivity index (χ3v) is 4.08. The SMILES string of the molecule is O=CC1=C(Cl)c2[nH]c3ccc(Br)cc3c2CC1. The summed E-state index contributed by atoms with van der Waals surface area (Å²) in [5.41, 5.74) is 3.85. The molecular formula is C13H9BrClNO. The van der Waals surface area contributed by atoms with Crippen LogP contribution in [0.15, 0.2) is 28.2 Å². The molecule has 17 heavy (non-hydrogen) atoms. The van der Waals surface area contributed by atoms with E-state index in [1.165, 1.54) is 10.9 Å². The van der Waals surface area contributed by atoms with Gasteiger partial charge in [-0.1, -0.05) is 27.5 Å².